The Kier molecular flexibility index (Phi) is 6.30. The summed E-state index contributed by atoms with van der Waals surface area (Å²) in [6.07, 6.45) is 7.93. The molecule has 3 aliphatic rings. The predicted octanol–water partition coefficient (Wildman–Crippen LogP) is 5.54. The van der Waals surface area contributed by atoms with Gasteiger partial charge in [-0.25, -0.2) is 14.4 Å². The van der Waals surface area contributed by atoms with Crippen LogP contribution in [0.1, 0.15) is 52.4 Å². The number of fused-ring (bicyclic) bond motifs is 2. The van der Waals surface area contributed by atoms with Gasteiger partial charge in [-0.15, -0.1) is 22.0 Å². The molecule has 0 amide bonds. The molecule has 3 fully saturated rings. The Bertz CT molecular complexity index is 1360. The lowest BCUT2D eigenvalue weighted by Crippen LogP contribution is -2.73. The van der Waals surface area contributed by atoms with Crippen molar-refractivity contribution in [3.05, 3.63) is 42.5 Å². The average molecular weight is 539 g/mol. The molecule has 4 heterocycles. The summed E-state index contributed by atoms with van der Waals surface area (Å²) in [7, 11) is 0. The van der Waals surface area contributed by atoms with Gasteiger partial charge < -0.3 is 15.3 Å². The maximum absolute atomic E-state index is 16.0. The third kappa shape index (κ3) is 4.62. The quantitative estimate of drug-likeness (QED) is 0.313. The number of aromatic nitrogens is 4. The fourth-order valence-electron chi connectivity index (χ4n) is 6.37. The number of phenolic OH excluding ortho intramolecular Hbond substituents is 1. The average Bonchev–Trinajstić information content (AvgIpc) is 3.72. The summed E-state index contributed by atoms with van der Waals surface area (Å²) in [5, 5.41) is 23.8. The van der Waals surface area contributed by atoms with Crippen molar-refractivity contribution in [2.45, 2.75) is 86.7 Å². The standard InChI is InChI=1S/C28H32F2N6OS/c1-27-9-4-10-28(2,35-27)25(30)21(14-27)36(18-6-7-18)26-31-15-20(33-34-26)19-8-5-16(11-22(19)37)17-12-23(29)32-24(13-17)38-3/h5,8,11-13,15,18,21,25,35,37H,4,6-7,9-10,14H2,1-3H3/t21-,25-,27-,28+/m0/s1. The smallest absolute Gasteiger partial charge is 0.245 e. The topological polar surface area (TPSA) is 87.1 Å². The van der Waals surface area contributed by atoms with Crippen LogP contribution in [0, 0.1) is 5.95 Å². The van der Waals surface area contributed by atoms with Gasteiger partial charge in [0, 0.05) is 28.7 Å². The third-order valence-electron chi connectivity index (χ3n) is 8.28. The number of hydrogen-bond acceptors (Lipinski definition) is 8. The molecule has 1 saturated carbocycles. The van der Waals surface area contributed by atoms with Crippen molar-refractivity contribution in [2.24, 2.45) is 0 Å². The summed E-state index contributed by atoms with van der Waals surface area (Å²) in [6, 6.07) is 8.11. The molecule has 0 unspecified atom stereocenters. The van der Waals surface area contributed by atoms with Crippen LogP contribution in [-0.4, -0.2) is 60.9 Å². The maximum Gasteiger partial charge on any atom is 0.245 e. The van der Waals surface area contributed by atoms with E-state index in [4.69, 9.17) is 0 Å². The lowest BCUT2D eigenvalue weighted by molar-refractivity contribution is 0.0000874. The van der Waals surface area contributed by atoms with Gasteiger partial charge in [0.15, 0.2) is 0 Å². The molecule has 200 valence electrons. The molecule has 0 spiro atoms. The molecule has 2 bridgehead atoms. The predicted molar refractivity (Wildman–Crippen MR) is 144 cm³/mol. The number of halogens is 2. The zero-order chi connectivity index (χ0) is 26.7. The number of nitrogens with zero attached hydrogens (tertiary/aromatic N) is 5. The Labute approximate surface area is 225 Å². The number of thioether (sulfide) groups is 1. The van der Waals surface area contributed by atoms with Gasteiger partial charge in [0.1, 0.15) is 17.6 Å². The van der Waals surface area contributed by atoms with E-state index in [1.807, 2.05) is 13.2 Å². The minimum atomic E-state index is -1.04. The molecular formula is C28H32F2N6OS. The number of phenols is 1. The lowest BCUT2D eigenvalue weighted by atomic mass is 9.68. The van der Waals surface area contributed by atoms with Gasteiger partial charge >= 0.3 is 0 Å². The van der Waals surface area contributed by atoms with Gasteiger partial charge in [0.25, 0.3) is 0 Å². The molecule has 3 aromatic rings. The largest absolute Gasteiger partial charge is 0.507 e. The molecule has 2 saturated heterocycles. The Morgan fingerprint density at radius 2 is 1.92 bits per heavy atom. The van der Waals surface area contributed by atoms with Crippen LogP contribution in [0.15, 0.2) is 41.6 Å². The summed E-state index contributed by atoms with van der Waals surface area (Å²) in [5.41, 5.74) is 1.50. The van der Waals surface area contributed by atoms with E-state index in [0.29, 0.717) is 39.8 Å². The first-order valence-corrected chi connectivity index (χ1v) is 14.4. The Balaban J connectivity index is 1.28. The Morgan fingerprint density at radius 1 is 1.11 bits per heavy atom. The maximum atomic E-state index is 16.0. The highest BCUT2D eigenvalue weighted by Crippen LogP contribution is 2.46. The van der Waals surface area contributed by atoms with Gasteiger partial charge in [-0.3, -0.25) is 0 Å². The number of benzene rings is 1. The SMILES string of the molecule is CSc1cc(-c2ccc(-c3cnc(N(C4CC4)[C@H]4C[C@]5(C)CCC[C@@](C)(N5)[C@H]4F)nn3)c(O)c2)cc(F)n1. The molecular weight excluding hydrogens is 506 g/mol. The van der Waals surface area contributed by atoms with E-state index in [0.717, 1.165) is 32.1 Å². The van der Waals surface area contributed by atoms with Crippen molar-refractivity contribution >= 4 is 17.7 Å². The van der Waals surface area contributed by atoms with Gasteiger partial charge in [0.05, 0.1) is 17.3 Å². The molecule has 6 rings (SSSR count). The fraction of sp³-hybridized carbons (Fsp3) is 0.500. The first-order valence-electron chi connectivity index (χ1n) is 13.1. The van der Waals surface area contributed by atoms with Crippen molar-refractivity contribution in [1.29, 1.82) is 0 Å². The highest BCUT2D eigenvalue weighted by molar-refractivity contribution is 7.98. The van der Waals surface area contributed by atoms with E-state index in [9.17, 15) is 9.50 Å². The molecule has 0 radical (unpaired) electrons. The van der Waals surface area contributed by atoms with Crippen LogP contribution in [0.25, 0.3) is 22.4 Å². The molecule has 7 nitrogen and oxygen atoms in total. The van der Waals surface area contributed by atoms with E-state index in [1.54, 1.807) is 30.5 Å². The van der Waals surface area contributed by atoms with Crippen LogP contribution < -0.4 is 10.2 Å². The summed E-state index contributed by atoms with van der Waals surface area (Å²) >= 11 is 1.35. The number of piperidine rings is 2. The second-order valence-electron chi connectivity index (χ2n) is 11.4. The molecule has 1 aliphatic carbocycles. The van der Waals surface area contributed by atoms with Gasteiger partial charge in [-0.2, -0.15) is 4.39 Å². The molecule has 1 aromatic carbocycles. The van der Waals surface area contributed by atoms with Crippen molar-refractivity contribution < 1.29 is 13.9 Å². The highest BCUT2D eigenvalue weighted by Gasteiger charge is 2.56. The molecule has 2 aromatic heterocycles. The second kappa shape index (κ2) is 9.41. The van der Waals surface area contributed by atoms with Crippen molar-refractivity contribution in [1.82, 2.24) is 25.5 Å². The molecule has 4 atom stereocenters. The van der Waals surface area contributed by atoms with E-state index >= 15 is 4.39 Å². The van der Waals surface area contributed by atoms with E-state index in [1.165, 1.54) is 17.8 Å². The summed E-state index contributed by atoms with van der Waals surface area (Å²) < 4.78 is 29.9. The number of hydrogen-bond donors (Lipinski definition) is 2. The minimum absolute atomic E-state index is 0.0100. The molecule has 2 N–H and O–H groups in total. The van der Waals surface area contributed by atoms with Crippen molar-refractivity contribution in [3.63, 3.8) is 0 Å². The summed E-state index contributed by atoms with van der Waals surface area (Å²) in [5.74, 6) is -0.148. The second-order valence-corrected chi connectivity index (χ2v) is 12.2. The van der Waals surface area contributed by atoms with Crippen LogP contribution in [-0.2, 0) is 0 Å². The number of aromatic hydroxyl groups is 1. The van der Waals surface area contributed by atoms with Crippen LogP contribution >= 0.6 is 11.8 Å². The van der Waals surface area contributed by atoms with Crippen LogP contribution in [0.2, 0.25) is 0 Å². The normalized spacial score (nSPS) is 28.8. The van der Waals surface area contributed by atoms with Crippen molar-refractivity contribution in [3.8, 4) is 28.1 Å². The Morgan fingerprint density at radius 3 is 2.61 bits per heavy atom. The number of pyridine rings is 1. The zero-order valence-electron chi connectivity index (χ0n) is 21.8. The lowest BCUT2D eigenvalue weighted by Gasteiger charge is -2.57. The van der Waals surface area contributed by atoms with Crippen LogP contribution in [0.3, 0.4) is 0 Å². The number of rotatable bonds is 6. The van der Waals surface area contributed by atoms with E-state index in [2.05, 4.69) is 37.3 Å². The number of anilines is 1. The fourth-order valence-corrected chi connectivity index (χ4v) is 6.79. The van der Waals surface area contributed by atoms with E-state index < -0.39 is 17.7 Å². The van der Waals surface area contributed by atoms with Gasteiger partial charge in [0.2, 0.25) is 11.9 Å². The van der Waals surface area contributed by atoms with Gasteiger partial charge in [-0.1, -0.05) is 6.07 Å². The number of nitrogens with one attached hydrogen (secondary N) is 1. The van der Waals surface area contributed by atoms with Gasteiger partial charge in [-0.05, 0) is 88.0 Å². The minimum Gasteiger partial charge on any atom is -0.507 e. The first kappa shape index (κ1) is 25.4. The van der Waals surface area contributed by atoms with Crippen molar-refractivity contribution in [2.75, 3.05) is 11.2 Å². The molecule has 2 aliphatic heterocycles. The third-order valence-corrected chi connectivity index (χ3v) is 8.91. The molecule has 38 heavy (non-hydrogen) atoms. The summed E-state index contributed by atoms with van der Waals surface area (Å²) in [6.45, 7) is 4.20. The highest BCUT2D eigenvalue weighted by atomic mass is 32.2. The first-order chi connectivity index (χ1) is 18.2. The van der Waals surface area contributed by atoms with E-state index in [-0.39, 0.29) is 23.4 Å². The van der Waals surface area contributed by atoms with Crippen LogP contribution in [0.4, 0.5) is 14.7 Å². The zero-order valence-corrected chi connectivity index (χ0v) is 22.6. The molecule has 10 heteroatoms. The number of alkyl halides is 1. The van der Waals surface area contributed by atoms with Crippen LogP contribution in [0.5, 0.6) is 5.75 Å². The monoisotopic (exact) mass is 538 g/mol. The summed E-state index contributed by atoms with van der Waals surface area (Å²) in [4.78, 5) is 10.5. The Hall–Kier alpha value is -2.85.